The summed E-state index contributed by atoms with van der Waals surface area (Å²) in [6.07, 6.45) is -3.55. The zero-order valence-electron chi connectivity index (χ0n) is 20.5. The van der Waals surface area contributed by atoms with Crippen molar-refractivity contribution in [2.45, 2.75) is 44.7 Å². The second kappa shape index (κ2) is 10.5. The van der Waals surface area contributed by atoms with Crippen LogP contribution in [-0.4, -0.2) is 35.3 Å². The van der Waals surface area contributed by atoms with Gasteiger partial charge in [0, 0.05) is 55.4 Å². The van der Waals surface area contributed by atoms with Crippen molar-refractivity contribution in [3.8, 4) is 11.4 Å². The number of fused-ring (bicyclic) bond motifs is 1. The molecule has 0 aliphatic rings. The molecule has 0 saturated heterocycles. The van der Waals surface area contributed by atoms with E-state index >= 15 is 0 Å². The Hall–Kier alpha value is -4.30. The number of halogens is 6. The largest absolute Gasteiger partial charge is 0.423 e. The molecule has 0 aliphatic carbocycles. The second-order valence-electron chi connectivity index (χ2n) is 8.82. The van der Waals surface area contributed by atoms with Crippen molar-refractivity contribution in [3.05, 3.63) is 75.0 Å². The molecule has 4 rings (SSSR count). The molecule has 1 atom stereocenters. The van der Waals surface area contributed by atoms with E-state index in [9.17, 15) is 35.9 Å². The number of aryl methyl sites for hydroxylation is 2. The quantitative estimate of drug-likeness (QED) is 0.341. The van der Waals surface area contributed by atoms with E-state index in [1.165, 1.54) is 17.0 Å². The van der Waals surface area contributed by atoms with Gasteiger partial charge in [0.05, 0.1) is 17.4 Å². The molecule has 4 aromatic heterocycles. The average Bonchev–Trinajstić information content (AvgIpc) is 2.86. The minimum Gasteiger partial charge on any atom is -0.381 e. The van der Waals surface area contributed by atoms with Gasteiger partial charge < -0.3 is 9.88 Å². The van der Waals surface area contributed by atoms with Crippen molar-refractivity contribution in [2.75, 3.05) is 5.32 Å². The Labute approximate surface area is 216 Å². The van der Waals surface area contributed by atoms with Crippen molar-refractivity contribution in [1.82, 2.24) is 29.3 Å². The Kier molecular flexibility index (Phi) is 7.44. The van der Waals surface area contributed by atoms with Crippen LogP contribution in [-0.2, 0) is 25.9 Å². The number of pyridine rings is 2. The van der Waals surface area contributed by atoms with E-state index in [-0.39, 0.29) is 17.9 Å². The average molecular weight is 553 g/mol. The van der Waals surface area contributed by atoms with Gasteiger partial charge >= 0.3 is 12.4 Å². The van der Waals surface area contributed by atoms with Crippen LogP contribution < -0.4 is 16.4 Å². The summed E-state index contributed by atoms with van der Waals surface area (Å²) in [4.78, 5) is 36.4. The van der Waals surface area contributed by atoms with Crippen molar-refractivity contribution < 1.29 is 26.3 Å². The lowest BCUT2D eigenvalue weighted by Gasteiger charge is -2.19. The SMILES string of the molecule is C[C@@H](CCCn1ccc2cc(-c3ncc(C(F)(F)F)cn3)cnc2c1=O)Nc1cnn(C)c(=O)c1C(F)(F)F. The molecule has 206 valence electrons. The number of anilines is 1. The molecule has 0 spiro atoms. The maximum absolute atomic E-state index is 13.4. The predicted molar refractivity (Wildman–Crippen MR) is 129 cm³/mol. The molecule has 0 amide bonds. The van der Waals surface area contributed by atoms with Crippen molar-refractivity contribution in [1.29, 1.82) is 0 Å². The van der Waals surface area contributed by atoms with Gasteiger partial charge in [0.2, 0.25) is 0 Å². The summed E-state index contributed by atoms with van der Waals surface area (Å²) in [5, 5.41) is 6.76. The molecule has 15 heteroatoms. The molecule has 0 saturated carbocycles. The molecule has 0 fully saturated rings. The molecule has 9 nitrogen and oxygen atoms in total. The summed E-state index contributed by atoms with van der Waals surface area (Å²) in [7, 11) is 1.13. The van der Waals surface area contributed by atoms with Gasteiger partial charge in [-0.25, -0.2) is 19.6 Å². The number of alkyl halides is 6. The topological polar surface area (TPSA) is 108 Å². The second-order valence-corrected chi connectivity index (χ2v) is 8.82. The summed E-state index contributed by atoms with van der Waals surface area (Å²) in [6.45, 7) is 1.89. The maximum Gasteiger partial charge on any atom is 0.423 e. The number of aromatic nitrogens is 6. The zero-order chi connectivity index (χ0) is 28.5. The monoisotopic (exact) mass is 553 g/mol. The highest BCUT2D eigenvalue weighted by Gasteiger charge is 2.38. The van der Waals surface area contributed by atoms with Crippen LogP contribution in [0.5, 0.6) is 0 Å². The van der Waals surface area contributed by atoms with E-state index in [4.69, 9.17) is 0 Å². The van der Waals surface area contributed by atoms with Crippen LogP contribution in [0.15, 0.2) is 52.7 Å². The minimum atomic E-state index is -4.86. The molecular formula is C24H21F6N7O2. The molecule has 4 heterocycles. The van der Waals surface area contributed by atoms with E-state index in [0.29, 0.717) is 40.9 Å². The Morgan fingerprint density at radius 1 is 0.949 bits per heavy atom. The fourth-order valence-electron chi connectivity index (χ4n) is 3.91. The van der Waals surface area contributed by atoms with Crippen LogP contribution in [0.1, 0.15) is 30.9 Å². The van der Waals surface area contributed by atoms with Gasteiger partial charge in [-0.3, -0.25) is 9.59 Å². The fraction of sp³-hybridized carbons (Fsp3) is 0.333. The van der Waals surface area contributed by atoms with Gasteiger partial charge in [-0.05, 0) is 31.9 Å². The highest BCUT2D eigenvalue weighted by atomic mass is 19.4. The van der Waals surface area contributed by atoms with Gasteiger partial charge in [-0.1, -0.05) is 0 Å². The summed E-state index contributed by atoms with van der Waals surface area (Å²) in [5.41, 5.74) is -3.95. The van der Waals surface area contributed by atoms with Crippen LogP contribution >= 0.6 is 0 Å². The van der Waals surface area contributed by atoms with Crippen LogP contribution in [0.25, 0.3) is 22.3 Å². The van der Waals surface area contributed by atoms with Gasteiger partial charge in [0.25, 0.3) is 11.1 Å². The number of rotatable bonds is 7. The van der Waals surface area contributed by atoms with Crippen LogP contribution in [0.3, 0.4) is 0 Å². The molecule has 0 aliphatic heterocycles. The first-order chi connectivity index (χ1) is 18.3. The molecule has 0 unspecified atom stereocenters. The van der Waals surface area contributed by atoms with E-state index in [2.05, 4.69) is 25.4 Å². The number of nitrogens with zero attached hydrogens (tertiary/aromatic N) is 6. The summed E-state index contributed by atoms with van der Waals surface area (Å²) >= 11 is 0. The first-order valence-electron chi connectivity index (χ1n) is 11.5. The first kappa shape index (κ1) is 27.7. The fourth-order valence-corrected chi connectivity index (χ4v) is 3.91. The summed E-state index contributed by atoms with van der Waals surface area (Å²) < 4.78 is 80.4. The highest BCUT2D eigenvalue weighted by Crippen LogP contribution is 2.32. The zero-order valence-corrected chi connectivity index (χ0v) is 20.5. The Morgan fingerprint density at radius 3 is 2.28 bits per heavy atom. The number of hydrogen-bond donors (Lipinski definition) is 1. The molecular weight excluding hydrogens is 532 g/mol. The summed E-state index contributed by atoms with van der Waals surface area (Å²) in [5.74, 6) is 0.0169. The number of nitrogens with one attached hydrogen (secondary N) is 1. The third-order valence-corrected chi connectivity index (χ3v) is 5.91. The molecule has 0 radical (unpaired) electrons. The molecule has 0 bridgehead atoms. The Morgan fingerprint density at radius 2 is 1.64 bits per heavy atom. The molecule has 0 aromatic carbocycles. The van der Waals surface area contributed by atoms with E-state index in [0.717, 1.165) is 13.2 Å². The Bertz CT molecular complexity index is 1610. The normalized spacial score (nSPS) is 13.0. The van der Waals surface area contributed by atoms with Gasteiger partial charge in [0.15, 0.2) is 5.82 Å². The molecule has 39 heavy (non-hydrogen) atoms. The van der Waals surface area contributed by atoms with Gasteiger partial charge in [-0.2, -0.15) is 31.4 Å². The smallest absolute Gasteiger partial charge is 0.381 e. The van der Waals surface area contributed by atoms with Crippen molar-refractivity contribution in [3.63, 3.8) is 0 Å². The minimum absolute atomic E-state index is 0.0169. The van der Waals surface area contributed by atoms with Crippen LogP contribution in [0, 0.1) is 0 Å². The first-order valence-corrected chi connectivity index (χ1v) is 11.5. The standard InChI is InChI=1S/C24H21F6N7O2/c1-13(35-17-12-34-36(2)21(38)18(17)24(28,29)30)4-3-6-37-7-5-14-8-15(9-31-19(14)22(37)39)20-32-10-16(11-33-20)23(25,26)27/h5,7-13,35H,3-4,6H2,1-2H3/t13-/m0/s1. The van der Waals surface area contributed by atoms with Crippen molar-refractivity contribution in [2.24, 2.45) is 7.05 Å². The lowest BCUT2D eigenvalue weighted by molar-refractivity contribution is -0.139. The summed E-state index contributed by atoms with van der Waals surface area (Å²) in [6, 6.07) is 2.68. The predicted octanol–water partition coefficient (Wildman–Crippen LogP) is 4.27. The van der Waals surface area contributed by atoms with E-state index < -0.39 is 46.3 Å². The Balaban J connectivity index is 1.44. The van der Waals surface area contributed by atoms with E-state index in [1.807, 2.05) is 0 Å². The van der Waals surface area contributed by atoms with Gasteiger partial charge in [-0.15, -0.1) is 0 Å². The van der Waals surface area contributed by atoms with Gasteiger partial charge in [0.1, 0.15) is 11.1 Å². The third-order valence-electron chi connectivity index (χ3n) is 5.91. The lowest BCUT2D eigenvalue weighted by atomic mass is 10.1. The lowest BCUT2D eigenvalue weighted by Crippen LogP contribution is -2.31. The van der Waals surface area contributed by atoms with Crippen LogP contribution in [0.4, 0.5) is 32.0 Å². The highest BCUT2D eigenvalue weighted by molar-refractivity contribution is 5.81. The number of hydrogen-bond acceptors (Lipinski definition) is 7. The molecule has 1 N–H and O–H groups in total. The molecule has 4 aromatic rings. The van der Waals surface area contributed by atoms with E-state index in [1.54, 1.807) is 19.1 Å². The van der Waals surface area contributed by atoms with Crippen LogP contribution in [0.2, 0.25) is 0 Å². The van der Waals surface area contributed by atoms with Crippen molar-refractivity contribution >= 4 is 16.6 Å². The third kappa shape index (κ3) is 6.07. The maximum atomic E-state index is 13.4.